The molecule has 0 unspecified atom stereocenters. The first kappa shape index (κ1) is 18.7. The van der Waals surface area contributed by atoms with Gasteiger partial charge in [0.25, 0.3) is 0 Å². The second kappa shape index (κ2) is 6.93. The highest BCUT2D eigenvalue weighted by molar-refractivity contribution is 7.89. The van der Waals surface area contributed by atoms with Crippen LogP contribution in [0.25, 0.3) is 0 Å². The van der Waals surface area contributed by atoms with E-state index in [1.807, 2.05) is 52.8 Å². The minimum absolute atomic E-state index is 0.232. The lowest BCUT2D eigenvalue weighted by Gasteiger charge is -2.19. The molecule has 0 spiro atoms. The van der Waals surface area contributed by atoms with Gasteiger partial charge in [-0.15, -0.1) is 0 Å². The molecule has 1 aliphatic rings. The third kappa shape index (κ3) is 3.31. The lowest BCUT2D eigenvalue weighted by atomic mass is 9.95. The summed E-state index contributed by atoms with van der Waals surface area (Å²) in [6.45, 7) is 10.3. The zero-order valence-electron chi connectivity index (χ0n) is 15.9. The van der Waals surface area contributed by atoms with Crippen LogP contribution < -0.4 is 14.2 Å². The highest BCUT2D eigenvalue weighted by Gasteiger charge is 2.23. The van der Waals surface area contributed by atoms with E-state index in [0.717, 1.165) is 39.1 Å². The van der Waals surface area contributed by atoms with Gasteiger partial charge in [-0.3, -0.25) is 0 Å². The minimum Gasteiger partial charge on any atom is -0.454 e. The summed E-state index contributed by atoms with van der Waals surface area (Å²) in [7, 11) is -3.57. The lowest BCUT2D eigenvalue weighted by Crippen LogP contribution is -2.28. The van der Waals surface area contributed by atoms with E-state index in [9.17, 15) is 8.42 Å². The lowest BCUT2D eigenvalue weighted by molar-refractivity contribution is 0.174. The van der Waals surface area contributed by atoms with Crippen LogP contribution in [0.2, 0.25) is 0 Å². The quantitative estimate of drug-likeness (QED) is 0.869. The Morgan fingerprint density at radius 1 is 0.885 bits per heavy atom. The maximum atomic E-state index is 12.9. The second-order valence-corrected chi connectivity index (χ2v) is 8.49. The summed E-state index contributed by atoms with van der Waals surface area (Å²) in [5.74, 6) is 1.44. The van der Waals surface area contributed by atoms with Crippen molar-refractivity contribution in [2.24, 2.45) is 0 Å². The number of sulfonamides is 1. The summed E-state index contributed by atoms with van der Waals surface area (Å²) < 4.78 is 39.2. The molecule has 0 fully saturated rings. The molecule has 5 nitrogen and oxygen atoms in total. The normalized spacial score (nSPS) is 13.3. The Morgan fingerprint density at radius 2 is 1.46 bits per heavy atom. The van der Waals surface area contributed by atoms with Crippen molar-refractivity contribution in [1.82, 2.24) is 4.72 Å². The Morgan fingerprint density at radius 3 is 2.12 bits per heavy atom. The Labute approximate surface area is 155 Å². The first-order valence-electron chi connectivity index (χ1n) is 8.67. The molecule has 0 atom stereocenters. The first-order chi connectivity index (χ1) is 12.2. The molecular formula is C20H25NO4S. The molecule has 1 aliphatic heterocycles. The van der Waals surface area contributed by atoms with Gasteiger partial charge in [-0.25, -0.2) is 13.1 Å². The van der Waals surface area contributed by atoms with Gasteiger partial charge in [0.15, 0.2) is 11.5 Å². The van der Waals surface area contributed by atoms with E-state index in [0.29, 0.717) is 23.6 Å². The maximum absolute atomic E-state index is 12.9. The number of fused-ring (bicyclic) bond motifs is 1. The van der Waals surface area contributed by atoms with Crippen molar-refractivity contribution in [3.05, 3.63) is 51.6 Å². The molecule has 0 radical (unpaired) electrons. The van der Waals surface area contributed by atoms with Crippen molar-refractivity contribution >= 4 is 10.0 Å². The summed E-state index contributed by atoms with van der Waals surface area (Å²) in [4.78, 5) is 0.406. The van der Waals surface area contributed by atoms with Gasteiger partial charge in [-0.05, 0) is 86.6 Å². The van der Waals surface area contributed by atoms with Crippen molar-refractivity contribution in [2.75, 3.05) is 13.3 Å². The van der Waals surface area contributed by atoms with Crippen molar-refractivity contribution in [1.29, 1.82) is 0 Å². The largest absolute Gasteiger partial charge is 0.454 e. The van der Waals surface area contributed by atoms with Gasteiger partial charge in [-0.2, -0.15) is 0 Å². The molecule has 0 saturated heterocycles. The smallest absolute Gasteiger partial charge is 0.241 e. The molecule has 0 aliphatic carbocycles. The number of hydrogen-bond acceptors (Lipinski definition) is 4. The summed E-state index contributed by atoms with van der Waals surface area (Å²) in [6, 6.07) is 5.68. The third-order valence-electron chi connectivity index (χ3n) is 5.34. The number of ether oxygens (including phenoxy) is 2. The molecule has 0 amide bonds. The van der Waals surface area contributed by atoms with E-state index in [1.54, 1.807) is 0 Å². The van der Waals surface area contributed by atoms with Crippen LogP contribution in [0.4, 0.5) is 0 Å². The molecule has 2 aromatic rings. The topological polar surface area (TPSA) is 64.6 Å². The standard InChI is InChI=1S/C20H25NO4S/c1-12-13(2)15(4)20(16(5)14(12)3)26(22,23)21-9-8-17-6-7-18-19(10-17)25-11-24-18/h6-7,10,21H,8-9,11H2,1-5H3. The molecule has 0 aromatic heterocycles. The van der Waals surface area contributed by atoms with Crippen LogP contribution in [0.1, 0.15) is 33.4 Å². The highest BCUT2D eigenvalue weighted by atomic mass is 32.2. The summed E-state index contributed by atoms with van der Waals surface area (Å²) >= 11 is 0. The molecule has 0 bridgehead atoms. The summed E-state index contributed by atoms with van der Waals surface area (Å²) in [6.07, 6.45) is 0.581. The SMILES string of the molecule is Cc1c(C)c(C)c(S(=O)(=O)NCCc2ccc3c(c2)OCO3)c(C)c1C. The van der Waals surface area contributed by atoms with Crippen LogP contribution in [0.3, 0.4) is 0 Å². The predicted molar refractivity (Wildman–Crippen MR) is 102 cm³/mol. The van der Waals surface area contributed by atoms with Crippen molar-refractivity contribution in [3.63, 3.8) is 0 Å². The Kier molecular flexibility index (Phi) is 4.99. The summed E-state index contributed by atoms with van der Waals surface area (Å²) in [5, 5.41) is 0. The van der Waals surface area contributed by atoms with Crippen molar-refractivity contribution in [2.45, 2.75) is 45.9 Å². The maximum Gasteiger partial charge on any atom is 0.241 e. The van der Waals surface area contributed by atoms with E-state index in [4.69, 9.17) is 9.47 Å². The van der Waals surface area contributed by atoms with Gasteiger partial charge in [-0.1, -0.05) is 6.07 Å². The van der Waals surface area contributed by atoms with E-state index in [2.05, 4.69) is 4.72 Å². The Bertz CT molecular complexity index is 935. The fourth-order valence-corrected chi connectivity index (χ4v) is 4.99. The van der Waals surface area contributed by atoms with Crippen LogP contribution in [0.15, 0.2) is 23.1 Å². The predicted octanol–water partition coefficient (Wildman–Crippen LogP) is 3.48. The average molecular weight is 375 g/mol. The zero-order chi connectivity index (χ0) is 19.1. The van der Waals surface area contributed by atoms with Crippen LogP contribution in [0, 0.1) is 34.6 Å². The van der Waals surface area contributed by atoms with E-state index in [-0.39, 0.29) is 6.79 Å². The van der Waals surface area contributed by atoms with E-state index < -0.39 is 10.0 Å². The average Bonchev–Trinajstić information content (AvgIpc) is 3.06. The molecule has 3 rings (SSSR count). The number of hydrogen-bond donors (Lipinski definition) is 1. The van der Waals surface area contributed by atoms with Gasteiger partial charge < -0.3 is 9.47 Å². The number of nitrogens with one attached hydrogen (secondary N) is 1. The third-order valence-corrected chi connectivity index (χ3v) is 7.08. The first-order valence-corrected chi connectivity index (χ1v) is 10.2. The Balaban J connectivity index is 1.78. The molecule has 1 N–H and O–H groups in total. The van der Waals surface area contributed by atoms with Gasteiger partial charge in [0.05, 0.1) is 4.90 Å². The second-order valence-electron chi connectivity index (χ2n) is 6.79. The van der Waals surface area contributed by atoms with Crippen molar-refractivity contribution in [3.8, 4) is 11.5 Å². The van der Waals surface area contributed by atoms with Crippen LogP contribution >= 0.6 is 0 Å². The van der Waals surface area contributed by atoms with E-state index in [1.165, 1.54) is 0 Å². The van der Waals surface area contributed by atoms with Gasteiger partial charge >= 0.3 is 0 Å². The fourth-order valence-electron chi connectivity index (χ4n) is 3.37. The molecular weight excluding hydrogens is 350 g/mol. The molecule has 26 heavy (non-hydrogen) atoms. The molecule has 0 saturated carbocycles. The highest BCUT2D eigenvalue weighted by Crippen LogP contribution is 2.33. The molecule has 6 heteroatoms. The van der Waals surface area contributed by atoms with Gasteiger partial charge in [0.1, 0.15) is 0 Å². The van der Waals surface area contributed by atoms with Gasteiger partial charge in [0.2, 0.25) is 16.8 Å². The monoisotopic (exact) mass is 375 g/mol. The van der Waals surface area contributed by atoms with Crippen LogP contribution in [-0.4, -0.2) is 21.8 Å². The Hall–Kier alpha value is -2.05. The number of benzene rings is 2. The zero-order valence-corrected chi connectivity index (χ0v) is 16.7. The molecule has 140 valence electrons. The van der Waals surface area contributed by atoms with Crippen molar-refractivity contribution < 1.29 is 17.9 Å². The van der Waals surface area contributed by atoms with Crippen LogP contribution in [-0.2, 0) is 16.4 Å². The molecule has 1 heterocycles. The van der Waals surface area contributed by atoms with E-state index >= 15 is 0 Å². The van der Waals surface area contributed by atoms with Gasteiger partial charge in [0, 0.05) is 6.54 Å². The fraction of sp³-hybridized carbons (Fsp3) is 0.400. The minimum atomic E-state index is -3.57. The summed E-state index contributed by atoms with van der Waals surface area (Å²) in [5.41, 5.74) is 5.86. The van der Waals surface area contributed by atoms with Crippen LogP contribution in [0.5, 0.6) is 11.5 Å². The number of rotatable bonds is 5. The molecule has 2 aromatic carbocycles.